The van der Waals surface area contributed by atoms with Gasteiger partial charge in [-0.2, -0.15) is 5.10 Å². The first kappa shape index (κ1) is 9.43. The monoisotopic (exact) mass is 192 g/mol. The highest BCUT2D eigenvalue weighted by Gasteiger charge is 2.20. The molecule has 0 aliphatic carbocycles. The molecule has 0 amide bonds. The molecule has 0 saturated heterocycles. The average molecular weight is 192 g/mol. The largest absolute Gasteiger partial charge is 0.511 e. The Labute approximate surface area is 71.5 Å². The fourth-order valence-electron chi connectivity index (χ4n) is 0.808. The molecule has 0 aliphatic heterocycles. The van der Waals surface area contributed by atoms with Gasteiger partial charge in [0.05, 0.1) is 6.20 Å². The van der Waals surface area contributed by atoms with Gasteiger partial charge in [-0.15, -0.1) is 0 Å². The topological polar surface area (TPSA) is 64.3 Å². The van der Waals surface area contributed by atoms with Crippen LogP contribution in [0.1, 0.15) is 12.1 Å². The molecular formula is C6H6F2N2O3. The number of aryl methyl sites for hydroxylation is 1. The molecule has 0 saturated carbocycles. The van der Waals surface area contributed by atoms with Crippen molar-refractivity contribution in [2.75, 3.05) is 0 Å². The number of hydrogen-bond donors (Lipinski definition) is 1. The molecule has 7 heteroatoms. The fraction of sp³-hybridized carbons (Fsp3) is 0.333. The molecule has 0 atom stereocenters. The quantitative estimate of drug-likeness (QED) is 0.719. The van der Waals surface area contributed by atoms with Crippen molar-refractivity contribution in [3.8, 4) is 5.75 Å². The lowest BCUT2D eigenvalue weighted by molar-refractivity contribution is 0.129. The van der Waals surface area contributed by atoms with Gasteiger partial charge in [0.1, 0.15) is 0 Å². The molecule has 0 fully saturated rings. The summed E-state index contributed by atoms with van der Waals surface area (Å²) in [5.74, 6) is -0.440. The van der Waals surface area contributed by atoms with E-state index in [0.717, 1.165) is 10.9 Å². The molecule has 13 heavy (non-hydrogen) atoms. The Morgan fingerprint density at radius 1 is 1.77 bits per heavy atom. The van der Waals surface area contributed by atoms with Crippen molar-refractivity contribution in [3.05, 3.63) is 11.9 Å². The van der Waals surface area contributed by atoms with Crippen molar-refractivity contribution in [1.29, 1.82) is 0 Å². The van der Waals surface area contributed by atoms with Crippen molar-refractivity contribution in [2.45, 2.75) is 6.43 Å². The third-order valence-electron chi connectivity index (χ3n) is 1.23. The first-order valence-corrected chi connectivity index (χ1v) is 3.23. The van der Waals surface area contributed by atoms with Crippen LogP contribution in [0.5, 0.6) is 5.75 Å². The van der Waals surface area contributed by atoms with Crippen LogP contribution in [0.25, 0.3) is 0 Å². The number of aromatic nitrogens is 2. The van der Waals surface area contributed by atoms with Gasteiger partial charge in [-0.05, 0) is 0 Å². The van der Waals surface area contributed by atoms with Gasteiger partial charge in [0.2, 0.25) is 0 Å². The van der Waals surface area contributed by atoms with E-state index in [1.165, 1.54) is 7.05 Å². The van der Waals surface area contributed by atoms with Gasteiger partial charge in [0, 0.05) is 7.05 Å². The predicted molar refractivity (Wildman–Crippen MR) is 36.8 cm³/mol. The lowest BCUT2D eigenvalue weighted by atomic mass is 10.4. The lowest BCUT2D eigenvalue weighted by Gasteiger charge is -1.97. The molecule has 72 valence electrons. The van der Waals surface area contributed by atoms with Gasteiger partial charge in [0.25, 0.3) is 6.43 Å². The second-order valence-corrected chi connectivity index (χ2v) is 2.22. The Hall–Kier alpha value is -1.66. The first-order valence-electron chi connectivity index (χ1n) is 3.23. The van der Waals surface area contributed by atoms with Crippen LogP contribution in [0.15, 0.2) is 6.20 Å². The second kappa shape index (κ2) is 3.38. The third kappa shape index (κ3) is 2.14. The van der Waals surface area contributed by atoms with E-state index >= 15 is 0 Å². The summed E-state index contributed by atoms with van der Waals surface area (Å²) in [6, 6.07) is 0. The minimum absolute atomic E-state index is 0.440. The molecule has 0 radical (unpaired) electrons. The summed E-state index contributed by atoms with van der Waals surface area (Å²) in [7, 11) is 1.39. The number of carboxylic acid groups (broad SMARTS) is 1. The number of rotatable bonds is 2. The Kier molecular flexibility index (Phi) is 2.45. The summed E-state index contributed by atoms with van der Waals surface area (Å²) in [5, 5.41) is 11.5. The molecule has 0 bridgehead atoms. The molecule has 1 heterocycles. The average Bonchev–Trinajstić information content (AvgIpc) is 2.29. The summed E-state index contributed by atoms with van der Waals surface area (Å²) in [6.07, 6.45) is -3.43. The summed E-state index contributed by atoms with van der Waals surface area (Å²) < 4.78 is 29.4. The normalized spacial score (nSPS) is 10.5. The highest BCUT2D eigenvalue weighted by atomic mass is 19.3. The van der Waals surface area contributed by atoms with E-state index < -0.39 is 24.0 Å². The van der Waals surface area contributed by atoms with Gasteiger partial charge in [-0.1, -0.05) is 0 Å². The third-order valence-corrected chi connectivity index (χ3v) is 1.23. The van der Waals surface area contributed by atoms with Crippen LogP contribution in [0.4, 0.5) is 13.6 Å². The van der Waals surface area contributed by atoms with E-state index in [4.69, 9.17) is 5.11 Å². The SMILES string of the molecule is Cn1cc(OC(=O)O)c(C(F)F)n1. The lowest BCUT2D eigenvalue weighted by Crippen LogP contribution is -2.04. The van der Waals surface area contributed by atoms with Crippen molar-refractivity contribution >= 4 is 6.16 Å². The van der Waals surface area contributed by atoms with Crippen molar-refractivity contribution < 1.29 is 23.4 Å². The number of carbonyl (C=O) groups is 1. The van der Waals surface area contributed by atoms with E-state index in [9.17, 15) is 13.6 Å². The maximum atomic E-state index is 12.1. The van der Waals surface area contributed by atoms with Gasteiger partial charge in [0.15, 0.2) is 11.4 Å². The van der Waals surface area contributed by atoms with Gasteiger partial charge in [-0.25, -0.2) is 13.6 Å². The molecular weight excluding hydrogens is 186 g/mol. The van der Waals surface area contributed by atoms with Crippen LogP contribution in [-0.2, 0) is 7.05 Å². The van der Waals surface area contributed by atoms with Crippen molar-refractivity contribution in [2.24, 2.45) is 7.05 Å². The number of alkyl halides is 2. The summed E-state index contributed by atoms with van der Waals surface area (Å²) in [6.45, 7) is 0. The molecule has 0 aromatic carbocycles. The Bertz CT molecular complexity index is 324. The van der Waals surface area contributed by atoms with Gasteiger partial charge < -0.3 is 9.84 Å². The number of hydrogen-bond acceptors (Lipinski definition) is 3. The zero-order valence-electron chi connectivity index (χ0n) is 6.57. The Morgan fingerprint density at radius 2 is 2.38 bits per heavy atom. The molecule has 1 aromatic heterocycles. The van der Waals surface area contributed by atoms with Crippen LogP contribution in [0, 0.1) is 0 Å². The van der Waals surface area contributed by atoms with Crippen LogP contribution in [0.3, 0.4) is 0 Å². The second-order valence-electron chi connectivity index (χ2n) is 2.22. The van der Waals surface area contributed by atoms with Crippen molar-refractivity contribution in [1.82, 2.24) is 9.78 Å². The summed E-state index contributed by atoms with van der Waals surface area (Å²) in [4.78, 5) is 10.0. The zero-order valence-corrected chi connectivity index (χ0v) is 6.57. The molecule has 1 aromatic rings. The van der Waals surface area contributed by atoms with Crippen LogP contribution in [0.2, 0.25) is 0 Å². The minimum Gasteiger partial charge on any atom is -0.449 e. The maximum Gasteiger partial charge on any atom is 0.511 e. The number of nitrogens with zero attached hydrogens (tertiary/aromatic N) is 2. The molecule has 1 N–H and O–H groups in total. The highest BCUT2D eigenvalue weighted by molar-refractivity contribution is 5.61. The maximum absolute atomic E-state index is 12.1. The molecule has 5 nitrogen and oxygen atoms in total. The standard InChI is InChI=1S/C6H6F2N2O3/c1-10-2-3(13-6(11)12)4(9-10)5(7)8/h2,5H,1H3,(H,11,12). The van der Waals surface area contributed by atoms with Gasteiger partial charge in [-0.3, -0.25) is 4.68 Å². The first-order chi connectivity index (χ1) is 6.00. The number of ether oxygens (including phenoxy) is 1. The molecule has 0 unspecified atom stereocenters. The van der Waals surface area contributed by atoms with Gasteiger partial charge >= 0.3 is 6.16 Å². The van der Waals surface area contributed by atoms with E-state index in [1.54, 1.807) is 0 Å². The summed E-state index contributed by atoms with van der Waals surface area (Å²) >= 11 is 0. The van der Waals surface area contributed by atoms with E-state index in [-0.39, 0.29) is 0 Å². The Balaban J connectivity index is 2.97. The number of halogens is 2. The molecule has 0 aliphatic rings. The molecule has 0 spiro atoms. The predicted octanol–water partition coefficient (Wildman–Crippen LogP) is 1.41. The minimum atomic E-state index is -2.85. The smallest absolute Gasteiger partial charge is 0.449 e. The van der Waals surface area contributed by atoms with E-state index in [2.05, 4.69) is 9.84 Å². The fourth-order valence-corrected chi connectivity index (χ4v) is 0.808. The van der Waals surface area contributed by atoms with Crippen molar-refractivity contribution in [3.63, 3.8) is 0 Å². The van der Waals surface area contributed by atoms with E-state index in [0.29, 0.717) is 0 Å². The van der Waals surface area contributed by atoms with Crippen LogP contribution in [-0.4, -0.2) is 21.0 Å². The van der Waals surface area contributed by atoms with Crippen LogP contribution >= 0.6 is 0 Å². The zero-order chi connectivity index (χ0) is 10.0. The van der Waals surface area contributed by atoms with E-state index in [1.807, 2.05) is 0 Å². The Morgan fingerprint density at radius 3 is 2.85 bits per heavy atom. The highest BCUT2D eigenvalue weighted by Crippen LogP contribution is 2.26. The van der Waals surface area contributed by atoms with Crippen LogP contribution < -0.4 is 4.74 Å². The summed E-state index contributed by atoms with van der Waals surface area (Å²) in [5.41, 5.74) is -0.676. The molecule has 1 rings (SSSR count).